The lowest BCUT2D eigenvalue weighted by atomic mass is 9.36. The molecule has 364 valence electrons. The van der Waals surface area contributed by atoms with Crippen LogP contribution in [-0.2, 0) is 16.2 Å². The molecule has 1 saturated carbocycles. The summed E-state index contributed by atoms with van der Waals surface area (Å²) >= 11 is 2.28. The number of hydrogen-bond donors (Lipinski definition) is 0. The van der Waals surface area contributed by atoms with Crippen molar-refractivity contribution in [3.8, 4) is 11.1 Å². The Balaban J connectivity index is 1.35. The van der Waals surface area contributed by atoms with E-state index in [4.69, 9.17) is 0 Å². The third-order valence-corrected chi connectivity index (χ3v) is 19.6. The molecule has 4 atom stereocenters. The molecule has 5 aromatic carbocycles. The van der Waals surface area contributed by atoms with Crippen LogP contribution in [0.4, 0.5) is 22.7 Å². The lowest BCUT2D eigenvalue weighted by molar-refractivity contribution is 0.0865. The van der Waals surface area contributed by atoms with Crippen LogP contribution < -0.4 is 20.7 Å². The average molecular weight is 937 g/mol. The fourth-order valence-electron chi connectivity index (χ4n) is 13.0. The summed E-state index contributed by atoms with van der Waals surface area (Å²) in [6.07, 6.45) is 6.15. The fourth-order valence-corrected chi connectivity index (χ4v) is 15.1. The van der Waals surface area contributed by atoms with Gasteiger partial charge >= 0.3 is 0 Å². The molecule has 0 N–H and O–H groups in total. The molecule has 0 bridgehead atoms. The molecule has 4 aliphatic rings. The summed E-state index contributed by atoms with van der Waals surface area (Å²) in [5.41, 5.74) is 19.7. The van der Waals surface area contributed by atoms with E-state index in [2.05, 4.69) is 249 Å². The van der Waals surface area contributed by atoms with Gasteiger partial charge in [-0.25, -0.2) is 0 Å². The first-order valence-electron chi connectivity index (χ1n) is 26.7. The van der Waals surface area contributed by atoms with E-state index in [1.54, 1.807) is 10.5 Å². The molecule has 1 aliphatic carbocycles. The molecule has 3 heterocycles. The molecule has 2 nitrogen and oxygen atoms in total. The zero-order chi connectivity index (χ0) is 50.0. The Hall–Kier alpha value is -4.15. The van der Waals surface area contributed by atoms with Gasteiger partial charge in [0.05, 0.1) is 5.69 Å². The van der Waals surface area contributed by atoms with Crippen LogP contribution in [-0.4, -0.2) is 18.0 Å². The number of fused-ring (bicyclic) bond motifs is 5. The van der Waals surface area contributed by atoms with E-state index in [0.29, 0.717) is 23.1 Å². The first kappa shape index (κ1) is 49.8. The molecule has 3 aliphatic heterocycles. The first-order chi connectivity index (χ1) is 32.1. The smallest absolute Gasteiger partial charge is 0.259 e. The van der Waals surface area contributed by atoms with Crippen molar-refractivity contribution >= 4 is 52.1 Å². The Kier molecular flexibility index (Phi) is 12.5. The molecule has 1 fully saturated rings. The minimum absolute atomic E-state index is 0.0137. The maximum absolute atomic E-state index is 2.96. The van der Waals surface area contributed by atoms with E-state index in [9.17, 15) is 0 Å². The Labute approximate surface area is 424 Å². The first-order valence-corrected chi connectivity index (χ1v) is 27.6. The predicted molar refractivity (Wildman–Crippen MR) is 305 cm³/mol. The quantitative estimate of drug-likeness (QED) is 0.136. The number of hydrogen-bond acceptors (Lipinski definition) is 3. The standard InChI is InChI=1S/C65H85BN2S/c1-19-44(60(4,5)6)28-25-42(3)67-53-37-41(2)38-54-56(53)66(59-57(67)55-58(69-59)64(15,16)36-35-63(55,13)14)50-33-31-48(65(17,18)46-23-21-20-22-24-46)40-52(50)68(54)51-34-32-47(62(10,11)12)39-49(51)43-26-29-45(30-27-43)61(7,8)9/h20-24,26-27,29-34,37-40,42,44,55,58H,19,25,28,35-36H2,1-18H3. The van der Waals surface area contributed by atoms with Crippen molar-refractivity contribution < 1.29 is 0 Å². The molecule has 5 aromatic rings. The van der Waals surface area contributed by atoms with Gasteiger partial charge in [-0.3, -0.25) is 0 Å². The summed E-state index contributed by atoms with van der Waals surface area (Å²) in [5.74, 6) is 1.15. The van der Waals surface area contributed by atoms with Crippen LogP contribution in [0.15, 0.2) is 114 Å². The fraction of sp³-hybridized carbons (Fsp3) is 0.508. The maximum atomic E-state index is 2.96. The van der Waals surface area contributed by atoms with Crippen LogP contribution in [0.3, 0.4) is 0 Å². The van der Waals surface area contributed by atoms with Crippen molar-refractivity contribution in [2.75, 3.05) is 9.80 Å². The van der Waals surface area contributed by atoms with Crippen LogP contribution in [0.25, 0.3) is 11.1 Å². The Bertz CT molecular complexity index is 2770. The van der Waals surface area contributed by atoms with Gasteiger partial charge in [0.15, 0.2) is 0 Å². The third-order valence-electron chi connectivity index (χ3n) is 17.8. The molecule has 0 radical (unpaired) electrons. The van der Waals surface area contributed by atoms with Gasteiger partial charge in [-0.05, 0) is 152 Å². The third kappa shape index (κ3) is 8.67. The maximum Gasteiger partial charge on any atom is 0.259 e. The van der Waals surface area contributed by atoms with Crippen molar-refractivity contribution in [3.63, 3.8) is 0 Å². The van der Waals surface area contributed by atoms with Crippen molar-refractivity contribution in [2.24, 2.45) is 28.1 Å². The number of aryl methyl sites for hydroxylation is 1. The van der Waals surface area contributed by atoms with Crippen LogP contribution in [0.5, 0.6) is 0 Å². The molecule has 9 rings (SSSR count). The van der Waals surface area contributed by atoms with Crippen molar-refractivity contribution in [2.45, 2.75) is 184 Å². The van der Waals surface area contributed by atoms with E-state index in [1.807, 2.05) is 0 Å². The number of thioether (sulfide) groups is 1. The molecule has 0 saturated heterocycles. The monoisotopic (exact) mass is 937 g/mol. The topological polar surface area (TPSA) is 6.48 Å². The number of benzene rings is 5. The van der Waals surface area contributed by atoms with E-state index in [1.165, 1.54) is 105 Å². The summed E-state index contributed by atoms with van der Waals surface area (Å²) in [5, 5.41) is 0.517. The second kappa shape index (κ2) is 17.3. The molecule has 4 heteroatoms. The Morgan fingerprint density at radius 2 is 1.25 bits per heavy atom. The highest BCUT2D eigenvalue weighted by molar-refractivity contribution is 8.06. The largest absolute Gasteiger partial charge is 0.342 e. The highest BCUT2D eigenvalue weighted by atomic mass is 32.2. The zero-order valence-electron chi connectivity index (χ0n) is 46.0. The number of rotatable bonds is 9. The summed E-state index contributed by atoms with van der Waals surface area (Å²) in [6, 6.07) is 41.2. The Morgan fingerprint density at radius 3 is 1.87 bits per heavy atom. The van der Waals surface area contributed by atoms with Gasteiger partial charge in [-0.1, -0.05) is 190 Å². The molecular weight excluding hydrogens is 852 g/mol. The van der Waals surface area contributed by atoms with E-state index < -0.39 is 0 Å². The van der Waals surface area contributed by atoms with Gasteiger partial charge in [0.1, 0.15) is 0 Å². The van der Waals surface area contributed by atoms with Gasteiger partial charge in [0.25, 0.3) is 6.71 Å². The highest BCUT2D eigenvalue weighted by Gasteiger charge is 2.59. The predicted octanol–water partition coefficient (Wildman–Crippen LogP) is 17.4. The minimum atomic E-state index is -0.209. The number of nitrogens with zero attached hydrogens (tertiary/aromatic N) is 2. The van der Waals surface area contributed by atoms with Crippen molar-refractivity contribution in [1.82, 2.24) is 0 Å². The summed E-state index contributed by atoms with van der Waals surface area (Å²) in [6.45, 7) is 44.1. The molecule has 0 aromatic heterocycles. The molecule has 0 spiro atoms. The van der Waals surface area contributed by atoms with E-state index >= 15 is 0 Å². The zero-order valence-corrected chi connectivity index (χ0v) is 46.9. The number of anilines is 4. The van der Waals surface area contributed by atoms with Gasteiger partial charge in [-0.15, -0.1) is 11.8 Å². The average Bonchev–Trinajstić information content (AvgIpc) is 3.70. The van der Waals surface area contributed by atoms with Gasteiger partial charge in [0.2, 0.25) is 0 Å². The highest BCUT2D eigenvalue weighted by Crippen LogP contribution is 2.65. The van der Waals surface area contributed by atoms with Gasteiger partial charge in [0, 0.05) is 50.9 Å². The van der Waals surface area contributed by atoms with E-state index in [-0.39, 0.29) is 39.2 Å². The van der Waals surface area contributed by atoms with Crippen LogP contribution in [0.1, 0.15) is 178 Å². The molecular formula is C65H85BN2S. The van der Waals surface area contributed by atoms with E-state index in [0.717, 1.165) is 0 Å². The van der Waals surface area contributed by atoms with Gasteiger partial charge < -0.3 is 9.80 Å². The summed E-state index contributed by atoms with van der Waals surface area (Å²) in [4.78, 5) is 7.31. The lowest BCUT2D eigenvalue weighted by Gasteiger charge is -2.53. The van der Waals surface area contributed by atoms with Crippen LogP contribution >= 0.6 is 11.8 Å². The minimum Gasteiger partial charge on any atom is -0.342 e. The van der Waals surface area contributed by atoms with Crippen molar-refractivity contribution in [3.05, 3.63) is 141 Å². The number of allylic oxidation sites excluding steroid dienone is 1. The normalized spacial score (nSPS) is 20.6. The summed E-state index contributed by atoms with van der Waals surface area (Å²) < 4.78 is 0. The van der Waals surface area contributed by atoms with Crippen LogP contribution in [0, 0.1) is 35.0 Å². The molecule has 0 amide bonds. The summed E-state index contributed by atoms with van der Waals surface area (Å²) in [7, 11) is 0. The molecule has 69 heavy (non-hydrogen) atoms. The SMILES string of the molecule is CCC(CCC(C)N1C2=C(SC3C2C(C)(C)CCC3(C)C)B2c3ccc(C(C)(C)c4ccccc4)cc3N(c3ccc(C(C)(C)C)cc3-c3ccc(C(C)(C)C)cc3)c3cc(C)cc1c32)C(C)(C)C. The lowest BCUT2D eigenvalue weighted by Crippen LogP contribution is -2.58. The van der Waals surface area contributed by atoms with Crippen molar-refractivity contribution in [1.29, 1.82) is 0 Å². The van der Waals surface area contributed by atoms with Gasteiger partial charge in [-0.2, -0.15) is 0 Å². The second-order valence-electron chi connectivity index (χ2n) is 27.1. The second-order valence-corrected chi connectivity index (χ2v) is 28.3. The van der Waals surface area contributed by atoms with Crippen LogP contribution in [0.2, 0.25) is 0 Å². The Morgan fingerprint density at radius 1 is 0.638 bits per heavy atom. The molecule has 4 unspecified atom stereocenters.